The van der Waals surface area contributed by atoms with Crippen molar-refractivity contribution in [3.8, 4) is 17.6 Å². The minimum Gasteiger partial charge on any atom is -0.493 e. The van der Waals surface area contributed by atoms with E-state index in [4.69, 9.17) is 15.2 Å². The van der Waals surface area contributed by atoms with E-state index in [2.05, 4.69) is 21.6 Å². The molecular formula is C28H25FN6O4S2. The van der Waals surface area contributed by atoms with Gasteiger partial charge in [-0.05, 0) is 54.8 Å². The number of hydrogen-bond acceptors (Lipinski definition) is 11. The van der Waals surface area contributed by atoms with Gasteiger partial charge in [-0.1, -0.05) is 29.2 Å². The number of methoxy groups -OCH3 is 2. The molecule has 3 aromatic rings. The number of ketones is 1. The molecular weight excluding hydrogens is 567 g/mol. The second-order valence-electron chi connectivity index (χ2n) is 9.12. The molecule has 2 aromatic carbocycles. The van der Waals surface area contributed by atoms with Gasteiger partial charge in [0.2, 0.25) is 11.0 Å². The number of carbonyl (C=O) groups excluding carboxylic acids is 2. The fraction of sp³-hybridized carbons (Fsp3) is 0.250. The number of amides is 1. The molecule has 10 nitrogen and oxygen atoms in total. The van der Waals surface area contributed by atoms with Crippen molar-refractivity contribution in [1.82, 2.24) is 10.2 Å². The number of nitrogens with zero attached hydrogens (tertiary/aromatic N) is 4. The van der Waals surface area contributed by atoms with Gasteiger partial charge in [-0.2, -0.15) is 5.26 Å². The summed E-state index contributed by atoms with van der Waals surface area (Å²) in [6.45, 7) is 0. The third kappa shape index (κ3) is 5.61. The molecule has 1 aromatic heterocycles. The van der Waals surface area contributed by atoms with Gasteiger partial charge in [0.25, 0.3) is 0 Å². The van der Waals surface area contributed by atoms with E-state index in [9.17, 15) is 19.2 Å². The molecule has 0 bridgehead atoms. The van der Waals surface area contributed by atoms with Gasteiger partial charge in [0.15, 0.2) is 21.6 Å². The van der Waals surface area contributed by atoms with E-state index in [1.54, 1.807) is 23.1 Å². The van der Waals surface area contributed by atoms with Crippen LogP contribution < -0.4 is 25.4 Å². The Morgan fingerprint density at radius 1 is 1.20 bits per heavy atom. The lowest BCUT2D eigenvalue weighted by Crippen LogP contribution is -2.38. The number of aromatic nitrogens is 2. The van der Waals surface area contributed by atoms with Crippen molar-refractivity contribution in [2.75, 3.05) is 30.2 Å². The largest absolute Gasteiger partial charge is 0.493 e. The van der Waals surface area contributed by atoms with E-state index >= 15 is 0 Å². The van der Waals surface area contributed by atoms with Gasteiger partial charge >= 0.3 is 0 Å². The van der Waals surface area contributed by atoms with Crippen molar-refractivity contribution in [2.24, 2.45) is 5.73 Å². The average Bonchev–Trinajstić information content (AvgIpc) is 3.45. The van der Waals surface area contributed by atoms with Gasteiger partial charge < -0.3 is 20.5 Å². The molecule has 2 heterocycles. The smallest absolute Gasteiger partial charge is 0.234 e. The Morgan fingerprint density at radius 3 is 2.66 bits per heavy atom. The summed E-state index contributed by atoms with van der Waals surface area (Å²) in [6.07, 6.45) is 1.55. The highest BCUT2D eigenvalue weighted by Crippen LogP contribution is 2.48. The van der Waals surface area contributed by atoms with Crippen molar-refractivity contribution < 1.29 is 23.5 Å². The third-order valence-corrected chi connectivity index (χ3v) is 8.74. The predicted molar refractivity (Wildman–Crippen MR) is 153 cm³/mol. The van der Waals surface area contributed by atoms with E-state index in [-0.39, 0.29) is 28.8 Å². The highest BCUT2D eigenvalue weighted by molar-refractivity contribution is 8.01. The van der Waals surface area contributed by atoms with Crippen LogP contribution in [0.1, 0.15) is 30.7 Å². The van der Waals surface area contributed by atoms with Crippen molar-refractivity contribution >= 4 is 45.6 Å². The van der Waals surface area contributed by atoms with Crippen LogP contribution in [0.2, 0.25) is 0 Å². The summed E-state index contributed by atoms with van der Waals surface area (Å²) in [4.78, 5) is 27.4. The quantitative estimate of drug-likeness (QED) is 0.352. The van der Waals surface area contributed by atoms with Crippen LogP contribution in [0.4, 0.5) is 15.2 Å². The Morgan fingerprint density at radius 2 is 1.95 bits per heavy atom. The van der Waals surface area contributed by atoms with E-state index in [1.165, 1.54) is 61.6 Å². The van der Waals surface area contributed by atoms with E-state index in [1.807, 2.05) is 0 Å². The Bertz CT molecular complexity index is 1610. The molecule has 0 saturated carbocycles. The Kier molecular flexibility index (Phi) is 8.23. The molecule has 0 saturated heterocycles. The molecule has 41 heavy (non-hydrogen) atoms. The maximum absolute atomic E-state index is 13.4. The number of anilines is 2. The minimum absolute atomic E-state index is 0.0502. The molecule has 0 spiro atoms. The van der Waals surface area contributed by atoms with Crippen LogP contribution in [0, 0.1) is 17.1 Å². The highest BCUT2D eigenvalue weighted by Gasteiger charge is 2.41. The third-order valence-electron chi connectivity index (χ3n) is 6.70. The maximum atomic E-state index is 13.4. The fourth-order valence-corrected chi connectivity index (χ4v) is 6.56. The molecule has 1 aliphatic heterocycles. The van der Waals surface area contributed by atoms with Crippen molar-refractivity contribution in [3.63, 3.8) is 0 Å². The minimum atomic E-state index is -0.671. The van der Waals surface area contributed by atoms with Crippen LogP contribution in [0.15, 0.2) is 69.5 Å². The molecule has 13 heteroatoms. The predicted octanol–water partition coefficient (Wildman–Crippen LogP) is 4.73. The van der Waals surface area contributed by atoms with Gasteiger partial charge in [-0.25, -0.2) is 4.39 Å². The second-order valence-corrected chi connectivity index (χ2v) is 11.3. The Labute approximate surface area is 243 Å². The zero-order valence-corrected chi connectivity index (χ0v) is 23.8. The molecule has 5 rings (SSSR count). The second kappa shape index (κ2) is 12.0. The number of nitrogens with one attached hydrogen (secondary N) is 1. The molecule has 1 atom stereocenters. The molecule has 210 valence electrons. The van der Waals surface area contributed by atoms with Crippen LogP contribution in [0.25, 0.3) is 0 Å². The maximum Gasteiger partial charge on any atom is 0.234 e. The first-order chi connectivity index (χ1) is 19.8. The van der Waals surface area contributed by atoms with Gasteiger partial charge in [0.05, 0.1) is 37.5 Å². The first-order valence-electron chi connectivity index (χ1n) is 12.5. The summed E-state index contributed by atoms with van der Waals surface area (Å²) >= 11 is 2.38. The normalized spacial score (nSPS) is 16.8. The fourth-order valence-electron chi connectivity index (χ4n) is 4.88. The van der Waals surface area contributed by atoms with Crippen LogP contribution in [-0.2, 0) is 9.59 Å². The number of benzene rings is 2. The van der Waals surface area contributed by atoms with Crippen LogP contribution in [-0.4, -0.2) is 41.9 Å². The number of halogens is 1. The van der Waals surface area contributed by atoms with Crippen molar-refractivity contribution in [2.45, 2.75) is 29.5 Å². The molecule has 1 unspecified atom stereocenters. The number of allylic oxidation sites excluding steroid dienone is 3. The van der Waals surface area contributed by atoms with Crippen LogP contribution in [0.5, 0.6) is 11.5 Å². The first kappa shape index (κ1) is 28.1. The van der Waals surface area contributed by atoms with E-state index in [0.717, 1.165) is 0 Å². The summed E-state index contributed by atoms with van der Waals surface area (Å²) < 4.78 is 24.5. The van der Waals surface area contributed by atoms with Crippen LogP contribution >= 0.6 is 23.1 Å². The first-order valence-corrected chi connectivity index (χ1v) is 14.3. The summed E-state index contributed by atoms with van der Waals surface area (Å²) in [5.74, 6) is -0.192. The molecule has 2 aliphatic rings. The lowest BCUT2D eigenvalue weighted by molar-refractivity contribution is -0.116. The van der Waals surface area contributed by atoms with Gasteiger partial charge in [-0.3, -0.25) is 14.5 Å². The Balaban J connectivity index is 1.44. The number of Topliss-reactive ketones (excluding diaryl/α,β-unsaturated/α-hetero) is 1. The lowest BCUT2D eigenvalue weighted by atomic mass is 9.75. The number of rotatable bonds is 8. The lowest BCUT2D eigenvalue weighted by Gasteiger charge is -2.38. The number of hydrogen-bond donors (Lipinski definition) is 2. The highest BCUT2D eigenvalue weighted by atomic mass is 32.2. The van der Waals surface area contributed by atoms with Gasteiger partial charge in [0, 0.05) is 23.4 Å². The van der Waals surface area contributed by atoms with Gasteiger partial charge in [0.1, 0.15) is 11.6 Å². The van der Waals surface area contributed by atoms with Crippen LogP contribution in [0.3, 0.4) is 0 Å². The van der Waals surface area contributed by atoms with Crippen molar-refractivity contribution in [1.29, 1.82) is 5.26 Å². The number of ether oxygens (including phenoxy) is 2. The Hall–Kier alpha value is -4.41. The average molecular weight is 593 g/mol. The number of nitriles is 1. The molecule has 3 N–H and O–H groups in total. The number of carbonyl (C=O) groups is 2. The van der Waals surface area contributed by atoms with E-state index in [0.29, 0.717) is 62.8 Å². The molecule has 1 amide bonds. The zero-order valence-electron chi connectivity index (χ0n) is 22.1. The van der Waals surface area contributed by atoms with Gasteiger partial charge in [-0.15, -0.1) is 10.2 Å². The summed E-state index contributed by atoms with van der Waals surface area (Å²) in [5.41, 5.74) is 9.19. The molecule has 1 aliphatic carbocycles. The summed E-state index contributed by atoms with van der Waals surface area (Å²) in [6, 6.07) is 13.0. The van der Waals surface area contributed by atoms with Crippen molar-refractivity contribution in [3.05, 3.63) is 76.5 Å². The number of thioether (sulfide) groups is 1. The standard InChI is InChI=1S/C28H25FN6O4S2/c1-38-21-11-6-15(12-22(21)39-2)24-18(13-30)26(31)35(19-4-3-5-20(36)25(19)24)27-33-34-28(41-27)40-14-23(37)32-17-9-7-16(29)8-10-17/h6-12,24H,3-5,14,31H2,1-2H3,(H,32,37). The zero-order chi connectivity index (χ0) is 29.1. The van der Waals surface area contributed by atoms with E-state index < -0.39 is 11.7 Å². The molecule has 0 radical (unpaired) electrons. The summed E-state index contributed by atoms with van der Waals surface area (Å²) in [5, 5.41) is 21.8. The molecule has 0 fully saturated rings. The SMILES string of the molecule is COc1ccc(C2C(C#N)=C(N)N(c3nnc(SCC(=O)Nc4ccc(F)cc4)s3)C3=C2C(=O)CCC3)cc1OC. The number of nitrogens with two attached hydrogens (primary N) is 1. The topological polar surface area (TPSA) is 143 Å². The summed E-state index contributed by atoms with van der Waals surface area (Å²) in [7, 11) is 3.06. The monoisotopic (exact) mass is 592 g/mol.